The van der Waals surface area contributed by atoms with Crippen LogP contribution in [-0.2, 0) is 11.2 Å². The molecule has 0 spiro atoms. The molecule has 0 fully saturated rings. The topological polar surface area (TPSA) is 63.3 Å². The van der Waals surface area contributed by atoms with E-state index in [1.807, 2.05) is 42.5 Å². The Hall–Kier alpha value is -2.65. The zero-order chi connectivity index (χ0) is 15.5. The van der Waals surface area contributed by atoms with Crippen molar-refractivity contribution in [3.8, 4) is 11.1 Å². The summed E-state index contributed by atoms with van der Waals surface area (Å²) in [6, 6.07) is 21.5. The summed E-state index contributed by atoms with van der Waals surface area (Å²) < 4.78 is 0. The van der Waals surface area contributed by atoms with Gasteiger partial charge in [-0.2, -0.15) is 0 Å². The van der Waals surface area contributed by atoms with Gasteiger partial charge in [-0.3, -0.25) is 4.79 Å². The number of benzene rings is 3. The molecule has 0 saturated carbocycles. The van der Waals surface area contributed by atoms with Gasteiger partial charge in [0.25, 0.3) is 0 Å². The first-order valence-corrected chi connectivity index (χ1v) is 7.20. The van der Waals surface area contributed by atoms with Crippen molar-refractivity contribution >= 4 is 16.7 Å². The molecule has 3 heteroatoms. The molecule has 0 radical (unpaired) electrons. The fourth-order valence-electron chi connectivity index (χ4n) is 2.68. The van der Waals surface area contributed by atoms with Crippen LogP contribution >= 0.6 is 0 Å². The molecule has 0 aromatic heterocycles. The third kappa shape index (κ3) is 2.85. The number of hydrogen-bond donors (Lipinski definition) is 2. The molecule has 3 rings (SSSR count). The molecular weight excluding hydrogens is 274 g/mol. The zero-order valence-electron chi connectivity index (χ0n) is 12.1. The largest absolute Gasteiger partial charge is 0.480 e. The zero-order valence-corrected chi connectivity index (χ0v) is 12.1. The normalized spacial score (nSPS) is 12.2. The van der Waals surface area contributed by atoms with E-state index >= 15 is 0 Å². The summed E-state index contributed by atoms with van der Waals surface area (Å²) in [7, 11) is 0. The minimum atomic E-state index is -0.976. The van der Waals surface area contributed by atoms with Gasteiger partial charge in [-0.15, -0.1) is 0 Å². The van der Waals surface area contributed by atoms with E-state index in [1.165, 1.54) is 10.8 Å². The lowest BCUT2D eigenvalue weighted by Crippen LogP contribution is -2.32. The fraction of sp³-hybridized carbons (Fsp3) is 0.105. The molecular formula is C19H17NO2. The van der Waals surface area contributed by atoms with Crippen molar-refractivity contribution in [3.63, 3.8) is 0 Å². The van der Waals surface area contributed by atoms with Crippen LogP contribution in [0.4, 0.5) is 0 Å². The Morgan fingerprint density at radius 2 is 1.73 bits per heavy atom. The number of carboxylic acids is 1. The molecule has 3 nitrogen and oxygen atoms in total. The molecule has 0 amide bonds. The SMILES string of the molecule is N[C@@H](Cc1cccc(-c2cccc3ccccc23)c1)C(=O)O. The standard InChI is InChI=1S/C19H17NO2/c20-18(19(21)22)12-13-5-3-8-15(11-13)17-10-4-7-14-6-1-2-9-16(14)17/h1-11,18H,12,20H2,(H,21,22)/t18-/m0/s1. The molecule has 1 atom stereocenters. The smallest absolute Gasteiger partial charge is 0.320 e. The minimum absolute atomic E-state index is 0.327. The Morgan fingerprint density at radius 1 is 1.00 bits per heavy atom. The minimum Gasteiger partial charge on any atom is -0.480 e. The predicted molar refractivity (Wildman–Crippen MR) is 88.7 cm³/mol. The van der Waals surface area contributed by atoms with Crippen LogP contribution in [0.5, 0.6) is 0 Å². The highest BCUT2D eigenvalue weighted by Gasteiger charge is 2.12. The first kappa shape index (κ1) is 14.3. The van der Waals surface area contributed by atoms with E-state index in [1.54, 1.807) is 0 Å². The van der Waals surface area contributed by atoms with Crippen LogP contribution in [0, 0.1) is 0 Å². The van der Waals surface area contributed by atoms with Crippen LogP contribution in [0.2, 0.25) is 0 Å². The van der Waals surface area contributed by atoms with Gasteiger partial charge >= 0.3 is 5.97 Å². The molecule has 0 bridgehead atoms. The average Bonchev–Trinajstić information content (AvgIpc) is 2.54. The van der Waals surface area contributed by atoms with Crippen LogP contribution in [0.3, 0.4) is 0 Å². The van der Waals surface area contributed by atoms with Crippen molar-refractivity contribution in [2.75, 3.05) is 0 Å². The summed E-state index contributed by atoms with van der Waals surface area (Å²) in [4.78, 5) is 10.9. The van der Waals surface area contributed by atoms with Crippen molar-refractivity contribution in [1.82, 2.24) is 0 Å². The Bertz CT molecular complexity index is 821. The maximum atomic E-state index is 10.9. The van der Waals surface area contributed by atoms with Crippen LogP contribution in [-0.4, -0.2) is 17.1 Å². The number of nitrogens with two attached hydrogens (primary N) is 1. The fourth-order valence-corrected chi connectivity index (χ4v) is 2.68. The molecule has 3 N–H and O–H groups in total. The highest BCUT2D eigenvalue weighted by Crippen LogP contribution is 2.29. The van der Waals surface area contributed by atoms with Gasteiger partial charge in [0.2, 0.25) is 0 Å². The Morgan fingerprint density at radius 3 is 2.55 bits per heavy atom. The van der Waals surface area contributed by atoms with E-state index in [-0.39, 0.29) is 0 Å². The van der Waals surface area contributed by atoms with E-state index in [0.717, 1.165) is 16.7 Å². The van der Waals surface area contributed by atoms with Gasteiger partial charge in [-0.05, 0) is 33.9 Å². The lowest BCUT2D eigenvalue weighted by Gasteiger charge is -2.10. The van der Waals surface area contributed by atoms with E-state index in [0.29, 0.717) is 6.42 Å². The number of aliphatic carboxylic acids is 1. The molecule has 0 aliphatic heterocycles. The average molecular weight is 291 g/mol. The molecule has 3 aromatic carbocycles. The Balaban J connectivity index is 2.03. The van der Waals surface area contributed by atoms with Crippen molar-refractivity contribution < 1.29 is 9.90 Å². The van der Waals surface area contributed by atoms with E-state index in [9.17, 15) is 4.79 Å². The second-order valence-corrected chi connectivity index (χ2v) is 5.38. The molecule has 22 heavy (non-hydrogen) atoms. The third-order valence-electron chi connectivity index (χ3n) is 3.80. The molecule has 0 saturated heterocycles. The first-order chi connectivity index (χ1) is 10.6. The summed E-state index contributed by atoms with van der Waals surface area (Å²) in [5.74, 6) is -0.976. The summed E-state index contributed by atoms with van der Waals surface area (Å²) in [5, 5.41) is 11.3. The van der Waals surface area contributed by atoms with Gasteiger partial charge in [-0.25, -0.2) is 0 Å². The number of hydrogen-bond acceptors (Lipinski definition) is 2. The van der Waals surface area contributed by atoms with Crippen molar-refractivity contribution in [1.29, 1.82) is 0 Å². The number of rotatable bonds is 4. The monoisotopic (exact) mass is 291 g/mol. The van der Waals surface area contributed by atoms with Gasteiger partial charge in [0.15, 0.2) is 0 Å². The Kier molecular flexibility index (Phi) is 3.90. The highest BCUT2D eigenvalue weighted by molar-refractivity contribution is 5.96. The maximum Gasteiger partial charge on any atom is 0.320 e. The number of carbonyl (C=O) groups is 1. The molecule has 0 aliphatic carbocycles. The van der Waals surface area contributed by atoms with E-state index in [4.69, 9.17) is 10.8 Å². The van der Waals surface area contributed by atoms with Crippen molar-refractivity contribution in [3.05, 3.63) is 72.3 Å². The highest BCUT2D eigenvalue weighted by atomic mass is 16.4. The van der Waals surface area contributed by atoms with Gasteiger partial charge in [0.05, 0.1) is 0 Å². The molecule has 0 heterocycles. The van der Waals surface area contributed by atoms with Crippen LogP contribution < -0.4 is 5.73 Å². The maximum absolute atomic E-state index is 10.9. The third-order valence-corrected chi connectivity index (χ3v) is 3.80. The van der Waals surface area contributed by atoms with Crippen LogP contribution in [0.25, 0.3) is 21.9 Å². The summed E-state index contributed by atoms with van der Waals surface area (Å²) >= 11 is 0. The summed E-state index contributed by atoms with van der Waals surface area (Å²) in [6.45, 7) is 0. The van der Waals surface area contributed by atoms with Gasteiger partial charge in [0.1, 0.15) is 6.04 Å². The lowest BCUT2D eigenvalue weighted by molar-refractivity contribution is -0.138. The summed E-state index contributed by atoms with van der Waals surface area (Å²) in [5.41, 5.74) is 8.78. The van der Waals surface area contributed by atoms with E-state index < -0.39 is 12.0 Å². The van der Waals surface area contributed by atoms with Crippen LogP contribution in [0.1, 0.15) is 5.56 Å². The number of fused-ring (bicyclic) bond motifs is 1. The predicted octanol–water partition coefficient (Wildman–Crippen LogP) is 3.46. The molecule has 110 valence electrons. The molecule has 0 aliphatic rings. The van der Waals surface area contributed by atoms with Gasteiger partial charge in [0, 0.05) is 0 Å². The van der Waals surface area contributed by atoms with Gasteiger partial charge in [-0.1, -0.05) is 66.7 Å². The molecule has 0 unspecified atom stereocenters. The molecule has 3 aromatic rings. The van der Waals surface area contributed by atoms with Gasteiger partial charge < -0.3 is 10.8 Å². The van der Waals surface area contributed by atoms with Crippen molar-refractivity contribution in [2.45, 2.75) is 12.5 Å². The second kappa shape index (κ2) is 6.00. The first-order valence-electron chi connectivity index (χ1n) is 7.20. The quantitative estimate of drug-likeness (QED) is 0.773. The van der Waals surface area contributed by atoms with Crippen molar-refractivity contribution in [2.24, 2.45) is 5.73 Å². The Labute approximate surface area is 129 Å². The second-order valence-electron chi connectivity index (χ2n) is 5.38. The van der Waals surface area contributed by atoms with E-state index in [2.05, 4.69) is 24.3 Å². The number of carboxylic acid groups (broad SMARTS) is 1. The van der Waals surface area contributed by atoms with Crippen LogP contribution in [0.15, 0.2) is 66.7 Å². The summed E-state index contributed by atoms with van der Waals surface area (Å²) in [6.07, 6.45) is 0.327. The lowest BCUT2D eigenvalue weighted by atomic mass is 9.95.